The Hall–Kier alpha value is -3.62. The first-order valence-electron chi connectivity index (χ1n) is 13.4. The molecule has 2 aliphatic carbocycles. The summed E-state index contributed by atoms with van der Waals surface area (Å²) in [6, 6.07) is 3.84. The molecule has 6 atom stereocenters. The number of methoxy groups -OCH3 is 1. The van der Waals surface area contributed by atoms with Crippen molar-refractivity contribution < 1.29 is 49.0 Å². The van der Waals surface area contributed by atoms with Crippen LogP contribution in [0.4, 0.5) is 0 Å². The van der Waals surface area contributed by atoms with Crippen LogP contribution in [0.3, 0.4) is 0 Å². The molecule has 12 nitrogen and oxygen atoms in total. The topological polar surface area (TPSA) is 184 Å². The number of carbonyl (C=O) groups is 3. The summed E-state index contributed by atoms with van der Waals surface area (Å²) in [6.45, 7) is 2.82. The zero-order valence-electron chi connectivity index (χ0n) is 23.4. The predicted octanol–water partition coefficient (Wildman–Crippen LogP) is 1.16. The van der Waals surface area contributed by atoms with Crippen LogP contribution in [0.25, 0.3) is 0 Å². The molecule has 5 rings (SSSR count). The van der Waals surface area contributed by atoms with Gasteiger partial charge in [-0.3, -0.25) is 14.4 Å². The molecule has 3 aliphatic rings. The third kappa shape index (κ3) is 4.71. The lowest BCUT2D eigenvalue weighted by Gasteiger charge is -2.43. The van der Waals surface area contributed by atoms with Crippen molar-refractivity contribution in [1.29, 1.82) is 0 Å². The second kappa shape index (κ2) is 10.9. The molecule has 42 heavy (non-hydrogen) atoms. The molecule has 2 aromatic rings. The minimum Gasteiger partial charge on any atom is -0.507 e. The minimum atomic E-state index is -2.02. The van der Waals surface area contributed by atoms with Crippen LogP contribution in [0.15, 0.2) is 18.2 Å². The summed E-state index contributed by atoms with van der Waals surface area (Å²) < 4.78 is 17.4. The van der Waals surface area contributed by atoms with E-state index in [4.69, 9.17) is 26.4 Å². The Labute approximate surface area is 246 Å². The van der Waals surface area contributed by atoms with Gasteiger partial charge in [0.2, 0.25) is 5.78 Å². The smallest absolute Gasteiger partial charge is 0.202 e. The van der Waals surface area contributed by atoms with E-state index >= 15 is 0 Å². The second-order valence-electron chi connectivity index (χ2n) is 10.8. The fourth-order valence-electron chi connectivity index (χ4n) is 6.01. The van der Waals surface area contributed by atoms with Gasteiger partial charge in [0.05, 0.1) is 42.0 Å². The summed E-state index contributed by atoms with van der Waals surface area (Å²) in [7, 11) is 2.96. The molecule has 0 saturated carbocycles. The summed E-state index contributed by atoms with van der Waals surface area (Å²) in [5.74, 6) is -3.22. The molecule has 1 aliphatic heterocycles. The molecule has 0 bridgehead atoms. The number of nitrogens with one attached hydrogen (secondary N) is 2. The summed E-state index contributed by atoms with van der Waals surface area (Å²) in [6.07, 6.45) is -4.65. The molecule has 0 radical (unpaired) electrons. The molecule has 1 saturated heterocycles. The van der Waals surface area contributed by atoms with Crippen molar-refractivity contribution in [2.45, 2.75) is 69.4 Å². The molecule has 13 heteroatoms. The summed E-state index contributed by atoms with van der Waals surface area (Å²) >= 11 is 5.18. The van der Waals surface area contributed by atoms with Crippen LogP contribution in [0.1, 0.15) is 75.8 Å². The lowest BCUT2D eigenvalue weighted by molar-refractivity contribution is -0.248. The molecule has 1 fully saturated rings. The standard InChI is InChI=1S/C29H32N2O10S/c1-11-23(33)15(31-28(42)30-3)8-18(40-11)41-17-10-29(38,12(2)32)9-14-20(17)27(37)22-21(25(14)35)24(34)13-6-5-7-16(39-4)19(13)26(22)36/h5-7,11,15,17-18,23,33,35,37-38H,8-10H2,1-4H3,(H2,30,31,42)/t11?,15?,17?,18?,23?,29-/m0/s1. The van der Waals surface area contributed by atoms with Crippen molar-refractivity contribution in [3.63, 3.8) is 0 Å². The van der Waals surface area contributed by atoms with Gasteiger partial charge in [-0.15, -0.1) is 0 Å². The van der Waals surface area contributed by atoms with Crippen LogP contribution >= 0.6 is 12.2 Å². The largest absolute Gasteiger partial charge is 0.507 e. The van der Waals surface area contributed by atoms with Gasteiger partial charge in [-0.2, -0.15) is 0 Å². The molecule has 0 aromatic heterocycles. The van der Waals surface area contributed by atoms with Crippen molar-refractivity contribution in [1.82, 2.24) is 10.6 Å². The van der Waals surface area contributed by atoms with Gasteiger partial charge in [0.25, 0.3) is 0 Å². The average Bonchev–Trinajstić information content (AvgIpc) is 2.95. The number of hydrogen-bond donors (Lipinski definition) is 6. The van der Waals surface area contributed by atoms with Crippen molar-refractivity contribution in [3.05, 3.63) is 51.6 Å². The van der Waals surface area contributed by atoms with E-state index in [0.717, 1.165) is 0 Å². The summed E-state index contributed by atoms with van der Waals surface area (Å²) in [4.78, 5) is 40.0. The highest BCUT2D eigenvalue weighted by molar-refractivity contribution is 7.80. The number of thiocarbonyl (C=S) groups is 1. The van der Waals surface area contributed by atoms with Crippen LogP contribution < -0.4 is 15.4 Å². The molecule has 0 amide bonds. The van der Waals surface area contributed by atoms with E-state index in [1.165, 1.54) is 32.2 Å². The molecule has 6 N–H and O–H groups in total. The van der Waals surface area contributed by atoms with Gasteiger partial charge in [0.15, 0.2) is 23.0 Å². The average molecular weight is 601 g/mol. The number of phenolic OH excluding ortho intramolecular Hbond substituents is 2. The summed E-state index contributed by atoms with van der Waals surface area (Å²) in [5, 5.41) is 51.1. The molecule has 224 valence electrons. The molecule has 2 aromatic carbocycles. The van der Waals surface area contributed by atoms with Crippen molar-refractivity contribution >= 4 is 34.7 Å². The third-order valence-electron chi connectivity index (χ3n) is 8.30. The first-order chi connectivity index (χ1) is 19.8. The number of benzene rings is 2. The third-order valence-corrected chi connectivity index (χ3v) is 8.62. The highest BCUT2D eigenvalue weighted by Gasteiger charge is 2.49. The van der Waals surface area contributed by atoms with E-state index in [2.05, 4.69) is 10.6 Å². The monoisotopic (exact) mass is 600 g/mol. The number of carbonyl (C=O) groups excluding carboxylic acids is 3. The summed E-state index contributed by atoms with van der Waals surface area (Å²) in [5.41, 5.74) is -3.11. The van der Waals surface area contributed by atoms with Gasteiger partial charge in [0.1, 0.15) is 29.0 Å². The normalized spacial score (nSPS) is 28.3. The number of Topliss-reactive ketones (excluding diaryl/α,β-unsaturated/α-hetero) is 1. The van der Waals surface area contributed by atoms with Gasteiger partial charge in [-0.1, -0.05) is 12.1 Å². The van der Waals surface area contributed by atoms with Gasteiger partial charge >= 0.3 is 0 Å². The Morgan fingerprint density at radius 2 is 1.83 bits per heavy atom. The molecular formula is C29H32N2O10S. The van der Waals surface area contributed by atoms with E-state index in [1.807, 2.05) is 0 Å². The van der Waals surface area contributed by atoms with Crippen LogP contribution in [-0.2, 0) is 20.7 Å². The van der Waals surface area contributed by atoms with Crippen LogP contribution in [-0.4, -0.2) is 87.2 Å². The Kier molecular flexibility index (Phi) is 7.75. The number of ether oxygens (including phenoxy) is 3. The number of fused-ring (bicyclic) bond motifs is 3. The number of hydrogen-bond acceptors (Lipinski definition) is 11. The molecule has 5 unspecified atom stereocenters. The Bertz CT molecular complexity index is 1510. The quantitative estimate of drug-likeness (QED) is 0.181. The van der Waals surface area contributed by atoms with Crippen molar-refractivity contribution in [3.8, 4) is 17.2 Å². The number of rotatable bonds is 5. The van der Waals surface area contributed by atoms with E-state index in [1.54, 1.807) is 14.0 Å². The van der Waals surface area contributed by atoms with Crippen LogP contribution in [0, 0.1) is 0 Å². The van der Waals surface area contributed by atoms with Gasteiger partial charge in [-0.05, 0) is 32.1 Å². The Balaban J connectivity index is 1.62. The molecular weight excluding hydrogens is 568 g/mol. The molecule has 1 heterocycles. The Morgan fingerprint density at radius 3 is 2.48 bits per heavy atom. The maximum absolute atomic E-state index is 13.8. The van der Waals surface area contributed by atoms with E-state index in [-0.39, 0.29) is 46.0 Å². The maximum Gasteiger partial charge on any atom is 0.202 e. The number of ketones is 3. The zero-order valence-corrected chi connectivity index (χ0v) is 24.2. The minimum absolute atomic E-state index is 0.0203. The Morgan fingerprint density at radius 1 is 1.14 bits per heavy atom. The van der Waals surface area contributed by atoms with Gasteiger partial charge in [0, 0.05) is 43.0 Å². The SMILES string of the molecule is CNC(=S)NC1CC(OC2C[C@](O)(C(C)=O)Cc3c(O)c4c(c(O)c32)C(=O)c2c(OC)cccc2C4=O)OC(C)C1O. The number of phenols is 2. The van der Waals surface area contributed by atoms with E-state index in [9.17, 15) is 34.8 Å². The van der Waals surface area contributed by atoms with Gasteiger partial charge in [-0.25, -0.2) is 0 Å². The van der Waals surface area contributed by atoms with Crippen LogP contribution in [0.5, 0.6) is 17.2 Å². The van der Waals surface area contributed by atoms with E-state index < -0.39 is 82.6 Å². The first kappa shape index (κ1) is 29.9. The number of aliphatic hydroxyl groups excluding tert-OH is 1. The van der Waals surface area contributed by atoms with Crippen molar-refractivity contribution in [2.24, 2.45) is 0 Å². The first-order valence-corrected chi connectivity index (χ1v) is 13.8. The zero-order chi connectivity index (χ0) is 30.7. The maximum atomic E-state index is 13.8. The van der Waals surface area contributed by atoms with E-state index in [0.29, 0.717) is 0 Å². The highest BCUT2D eigenvalue weighted by Crippen LogP contribution is 2.52. The second-order valence-corrected chi connectivity index (χ2v) is 11.2. The number of aliphatic hydroxyl groups is 2. The van der Waals surface area contributed by atoms with Crippen molar-refractivity contribution in [2.75, 3.05) is 14.2 Å². The molecule has 0 spiro atoms. The lowest BCUT2D eigenvalue weighted by atomic mass is 9.72. The van der Waals surface area contributed by atoms with Crippen LogP contribution in [0.2, 0.25) is 0 Å². The fraction of sp³-hybridized carbons (Fsp3) is 0.448. The number of aromatic hydroxyl groups is 2. The highest BCUT2D eigenvalue weighted by atomic mass is 32.1. The van der Waals surface area contributed by atoms with Gasteiger partial charge < -0.3 is 45.3 Å². The fourth-order valence-corrected chi connectivity index (χ4v) is 6.16. The lowest BCUT2D eigenvalue weighted by Crippen LogP contribution is -2.57. The predicted molar refractivity (Wildman–Crippen MR) is 151 cm³/mol.